The molecule has 84 valence electrons. The average molecular weight is 355 g/mol. The standard InChI is InChI=1S/C10H13Br2NOS/c11-8-4-7(10(12)15-8)9(14)6-2-1-3-13-5-6/h4,6,9,13-14H,1-3,5H2. The lowest BCUT2D eigenvalue weighted by Gasteiger charge is -2.27. The Morgan fingerprint density at radius 2 is 2.33 bits per heavy atom. The summed E-state index contributed by atoms with van der Waals surface area (Å²) >= 11 is 8.54. The fourth-order valence-electron chi connectivity index (χ4n) is 1.96. The van der Waals surface area contributed by atoms with Crippen LogP contribution in [0.2, 0.25) is 0 Å². The summed E-state index contributed by atoms with van der Waals surface area (Å²) in [5, 5.41) is 13.6. The normalized spacial score (nSPS) is 24.1. The van der Waals surface area contributed by atoms with E-state index in [-0.39, 0.29) is 6.10 Å². The molecule has 5 heteroatoms. The number of piperidine rings is 1. The first-order valence-electron chi connectivity index (χ1n) is 5.02. The van der Waals surface area contributed by atoms with Gasteiger partial charge in [-0.3, -0.25) is 0 Å². The van der Waals surface area contributed by atoms with Gasteiger partial charge < -0.3 is 10.4 Å². The van der Waals surface area contributed by atoms with Crippen LogP contribution in [-0.4, -0.2) is 18.2 Å². The van der Waals surface area contributed by atoms with Crippen LogP contribution in [0.1, 0.15) is 24.5 Å². The highest BCUT2D eigenvalue weighted by Gasteiger charge is 2.25. The topological polar surface area (TPSA) is 32.3 Å². The van der Waals surface area contributed by atoms with E-state index in [1.807, 2.05) is 6.07 Å². The molecule has 1 aliphatic rings. The molecule has 0 bridgehead atoms. The molecule has 2 atom stereocenters. The summed E-state index contributed by atoms with van der Waals surface area (Å²) < 4.78 is 2.10. The van der Waals surface area contributed by atoms with Gasteiger partial charge in [0.2, 0.25) is 0 Å². The van der Waals surface area contributed by atoms with Gasteiger partial charge in [0.05, 0.1) is 13.7 Å². The zero-order valence-corrected chi connectivity index (χ0v) is 12.2. The van der Waals surface area contributed by atoms with Crippen molar-refractivity contribution in [3.63, 3.8) is 0 Å². The van der Waals surface area contributed by atoms with Gasteiger partial charge in [-0.05, 0) is 57.3 Å². The number of halogens is 2. The molecule has 2 N–H and O–H groups in total. The van der Waals surface area contributed by atoms with Gasteiger partial charge in [0, 0.05) is 18.0 Å². The number of thiophene rings is 1. The third-order valence-corrected chi connectivity index (χ3v) is 5.17. The number of hydrogen-bond acceptors (Lipinski definition) is 3. The van der Waals surface area contributed by atoms with E-state index in [1.165, 1.54) is 0 Å². The predicted molar refractivity (Wildman–Crippen MR) is 70.3 cm³/mol. The highest BCUT2D eigenvalue weighted by molar-refractivity contribution is 9.12. The van der Waals surface area contributed by atoms with Crippen LogP contribution in [0, 0.1) is 5.92 Å². The van der Waals surface area contributed by atoms with Crippen molar-refractivity contribution in [3.05, 3.63) is 19.2 Å². The van der Waals surface area contributed by atoms with Crippen molar-refractivity contribution >= 4 is 43.2 Å². The van der Waals surface area contributed by atoms with E-state index in [0.29, 0.717) is 5.92 Å². The molecule has 1 saturated heterocycles. The fraction of sp³-hybridized carbons (Fsp3) is 0.600. The van der Waals surface area contributed by atoms with Gasteiger partial charge >= 0.3 is 0 Å². The lowest BCUT2D eigenvalue weighted by atomic mass is 9.91. The molecule has 2 nitrogen and oxygen atoms in total. The highest BCUT2D eigenvalue weighted by atomic mass is 79.9. The van der Waals surface area contributed by atoms with Gasteiger partial charge in [0.1, 0.15) is 0 Å². The fourth-order valence-corrected chi connectivity index (χ4v) is 4.87. The number of hydrogen-bond donors (Lipinski definition) is 2. The molecule has 0 radical (unpaired) electrons. The summed E-state index contributed by atoms with van der Waals surface area (Å²) in [4.78, 5) is 0. The van der Waals surface area contributed by atoms with Crippen LogP contribution in [0.3, 0.4) is 0 Å². The van der Waals surface area contributed by atoms with Crippen molar-refractivity contribution in [3.8, 4) is 0 Å². The first-order valence-corrected chi connectivity index (χ1v) is 7.42. The molecular formula is C10H13Br2NOS. The minimum atomic E-state index is -0.352. The first-order chi connectivity index (χ1) is 7.18. The lowest BCUT2D eigenvalue weighted by Crippen LogP contribution is -2.33. The second kappa shape index (κ2) is 5.27. The summed E-state index contributed by atoms with van der Waals surface area (Å²) in [6.45, 7) is 2.00. The second-order valence-electron chi connectivity index (χ2n) is 3.83. The van der Waals surface area contributed by atoms with E-state index >= 15 is 0 Å². The zero-order valence-electron chi connectivity index (χ0n) is 8.17. The maximum Gasteiger partial charge on any atom is 0.0849 e. The highest BCUT2D eigenvalue weighted by Crippen LogP contribution is 2.39. The Bertz CT molecular complexity index is 336. The Balaban J connectivity index is 2.12. The third-order valence-electron chi connectivity index (χ3n) is 2.78. The van der Waals surface area contributed by atoms with Crippen molar-refractivity contribution in [2.24, 2.45) is 5.92 Å². The monoisotopic (exact) mass is 353 g/mol. The van der Waals surface area contributed by atoms with E-state index < -0.39 is 0 Å². The molecule has 2 heterocycles. The van der Waals surface area contributed by atoms with Crippen LogP contribution in [0.15, 0.2) is 13.6 Å². The van der Waals surface area contributed by atoms with E-state index in [4.69, 9.17) is 0 Å². The van der Waals surface area contributed by atoms with Gasteiger partial charge in [0.15, 0.2) is 0 Å². The molecule has 0 saturated carbocycles. The number of nitrogens with one attached hydrogen (secondary N) is 1. The Morgan fingerprint density at radius 3 is 2.87 bits per heavy atom. The lowest BCUT2D eigenvalue weighted by molar-refractivity contribution is 0.0920. The largest absolute Gasteiger partial charge is 0.388 e. The smallest absolute Gasteiger partial charge is 0.0849 e. The molecular weight excluding hydrogens is 342 g/mol. The maximum absolute atomic E-state index is 10.3. The molecule has 0 spiro atoms. The minimum absolute atomic E-state index is 0.344. The van der Waals surface area contributed by atoms with Crippen LogP contribution < -0.4 is 5.32 Å². The molecule has 0 amide bonds. The van der Waals surface area contributed by atoms with Gasteiger partial charge in [-0.2, -0.15) is 0 Å². The first kappa shape index (κ1) is 12.0. The Labute approximate surface area is 110 Å². The van der Waals surface area contributed by atoms with E-state index in [1.54, 1.807) is 11.3 Å². The molecule has 15 heavy (non-hydrogen) atoms. The van der Waals surface area contributed by atoms with Crippen molar-refractivity contribution in [1.82, 2.24) is 5.32 Å². The van der Waals surface area contributed by atoms with E-state index in [2.05, 4.69) is 37.2 Å². The summed E-state index contributed by atoms with van der Waals surface area (Å²) in [5.74, 6) is 0.344. The molecule has 2 rings (SSSR count). The SMILES string of the molecule is OC(c1cc(Br)sc1Br)C1CCCNC1. The van der Waals surface area contributed by atoms with Gasteiger partial charge in [-0.25, -0.2) is 0 Å². The van der Waals surface area contributed by atoms with Gasteiger partial charge in [0.25, 0.3) is 0 Å². The Kier molecular flexibility index (Phi) is 4.24. The van der Waals surface area contributed by atoms with Crippen LogP contribution in [-0.2, 0) is 0 Å². The van der Waals surface area contributed by atoms with Crippen molar-refractivity contribution in [1.29, 1.82) is 0 Å². The minimum Gasteiger partial charge on any atom is -0.388 e. The molecule has 1 aliphatic heterocycles. The predicted octanol–water partition coefficient (Wildman–Crippen LogP) is 3.31. The second-order valence-corrected chi connectivity index (χ2v) is 7.58. The molecule has 2 unspecified atom stereocenters. The Morgan fingerprint density at radius 1 is 1.53 bits per heavy atom. The third kappa shape index (κ3) is 2.82. The molecule has 1 aromatic rings. The van der Waals surface area contributed by atoms with Gasteiger partial charge in [-0.15, -0.1) is 11.3 Å². The zero-order chi connectivity index (χ0) is 10.8. The van der Waals surface area contributed by atoms with Crippen molar-refractivity contribution < 1.29 is 5.11 Å². The van der Waals surface area contributed by atoms with Crippen LogP contribution in [0.25, 0.3) is 0 Å². The molecule has 0 aliphatic carbocycles. The summed E-state index contributed by atoms with van der Waals surface area (Å²) in [5.41, 5.74) is 1.01. The number of aliphatic hydroxyl groups is 1. The summed E-state index contributed by atoms with van der Waals surface area (Å²) in [7, 11) is 0. The average Bonchev–Trinajstić information content (AvgIpc) is 2.58. The van der Waals surface area contributed by atoms with Gasteiger partial charge in [-0.1, -0.05) is 0 Å². The van der Waals surface area contributed by atoms with Crippen LogP contribution in [0.4, 0.5) is 0 Å². The quantitative estimate of drug-likeness (QED) is 0.853. The van der Waals surface area contributed by atoms with Crippen LogP contribution in [0.5, 0.6) is 0 Å². The number of rotatable bonds is 2. The van der Waals surface area contributed by atoms with Crippen molar-refractivity contribution in [2.45, 2.75) is 18.9 Å². The van der Waals surface area contributed by atoms with E-state index in [9.17, 15) is 5.11 Å². The molecule has 0 aromatic carbocycles. The molecule has 1 aromatic heterocycles. The number of aliphatic hydroxyl groups excluding tert-OH is 1. The molecule has 1 fully saturated rings. The van der Waals surface area contributed by atoms with Crippen molar-refractivity contribution in [2.75, 3.05) is 13.1 Å². The Hall–Kier alpha value is 0.580. The van der Waals surface area contributed by atoms with E-state index in [0.717, 1.165) is 39.1 Å². The maximum atomic E-state index is 10.3. The summed E-state index contributed by atoms with van der Waals surface area (Å²) in [6, 6.07) is 2.01. The van der Waals surface area contributed by atoms with Crippen LogP contribution >= 0.6 is 43.2 Å². The summed E-state index contributed by atoms with van der Waals surface area (Å²) in [6.07, 6.45) is 1.91.